The van der Waals surface area contributed by atoms with E-state index in [9.17, 15) is 19.1 Å². The van der Waals surface area contributed by atoms with Crippen LogP contribution in [0.4, 0.5) is 9.18 Å². The van der Waals surface area contributed by atoms with Crippen molar-refractivity contribution in [1.82, 2.24) is 15.8 Å². The number of nitrogens with one attached hydrogen (secondary N) is 2. The summed E-state index contributed by atoms with van der Waals surface area (Å²) >= 11 is 0. The van der Waals surface area contributed by atoms with E-state index < -0.39 is 35.7 Å². The van der Waals surface area contributed by atoms with Crippen LogP contribution in [0, 0.1) is 0 Å². The first-order valence-corrected chi connectivity index (χ1v) is 7.79. The molecule has 0 aliphatic carbocycles. The van der Waals surface area contributed by atoms with Crippen molar-refractivity contribution in [2.24, 2.45) is 0 Å². The Morgan fingerprint density at radius 2 is 2.21 bits per heavy atom. The normalized spacial score (nSPS) is 29.1. The van der Waals surface area contributed by atoms with Crippen molar-refractivity contribution in [2.75, 3.05) is 19.7 Å². The Morgan fingerprint density at radius 1 is 1.50 bits per heavy atom. The van der Waals surface area contributed by atoms with Crippen LogP contribution < -0.4 is 10.7 Å². The van der Waals surface area contributed by atoms with Crippen molar-refractivity contribution in [3.63, 3.8) is 0 Å². The molecule has 0 bridgehead atoms. The third-order valence-corrected chi connectivity index (χ3v) is 4.79. The zero-order chi connectivity index (χ0) is 17.3. The predicted molar refractivity (Wildman–Crippen MR) is 82.7 cm³/mol. The van der Waals surface area contributed by atoms with Crippen LogP contribution >= 0.6 is 0 Å². The molecule has 1 aromatic carbocycles. The monoisotopic (exact) mass is 337 g/mol. The lowest BCUT2D eigenvalue weighted by molar-refractivity contribution is -0.145. The predicted octanol–water partition coefficient (Wildman–Crippen LogP) is 0.0985. The fraction of sp³-hybridized carbons (Fsp3) is 0.500. The lowest BCUT2D eigenvalue weighted by atomic mass is 9.76. The van der Waals surface area contributed by atoms with Gasteiger partial charge in [-0.05, 0) is 12.5 Å². The molecule has 4 unspecified atom stereocenters. The number of halogens is 1. The molecular weight excluding hydrogens is 317 g/mol. The zero-order valence-electron chi connectivity index (χ0n) is 13.2. The second-order valence-electron chi connectivity index (χ2n) is 6.20. The van der Waals surface area contributed by atoms with Gasteiger partial charge in [-0.2, -0.15) is 0 Å². The molecule has 0 saturated carbocycles. The van der Waals surface area contributed by atoms with Gasteiger partial charge in [-0.15, -0.1) is 0 Å². The van der Waals surface area contributed by atoms with Gasteiger partial charge in [0.25, 0.3) is 0 Å². The quantitative estimate of drug-likeness (QED) is 0.709. The van der Waals surface area contributed by atoms with Gasteiger partial charge in [0.2, 0.25) is 5.91 Å². The van der Waals surface area contributed by atoms with E-state index >= 15 is 0 Å². The Labute approximate surface area is 138 Å². The number of alkyl carbamates (subject to hydrolysis) is 1. The number of ether oxygens (including phenoxy) is 1. The highest BCUT2D eigenvalue weighted by molar-refractivity contribution is 5.89. The number of carbonyl (C=O) groups is 2. The molecule has 2 amide bonds. The third-order valence-electron chi connectivity index (χ3n) is 4.79. The number of aliphatic hydroxyl groups is 1. The molecule has 2 aliphatic heterocycles. The van der Waals surface area contributed by atoms with E-state index in [1.807, 2.05) is 6.07 Å². The number of alkyl halides is 1. The summed E-state index contributed by atoms with van der Waals surface area (Å²) < 4.78 is 18.7. The van der Waals surface area contributed by atoms with Crippen molar-refractivity contribution in [3.8, 4) is 0 Å². The summed E-state index contributed by atoms with van der Waals surface area (Å²) in [5.41, 5.74) is 2.19. The van der Waals surface area contributed by atoms with E-state index in [0.29, 0.717) is 5.56 Å². The van der Waals surface area contributed by atoms with Crippen LogP contribution in [0.15, 0.2) is 30.3 Å². The summed E-state index contributed by atoms with van der Waals surface area (Å²) in [7, 11) is 0. The molecule has 8 heteroatoms. The van der Waals surface area contributed by atoms with E-state index in [-0.39, 0.29) is 19.7 Å². The van der Waals surface area contributed by atoms with Gasteiger partial charge >= 0.3 is 6.09 Å². The van der Waals surface area contributed by atoms with E-state index in [0.717, 1.165) is 0 Å². The number of nitrogens with zero attached hydrogens (tertiary/aromatic N) is 1. The fourth-order valence-corrected chi connectivity index (χ4v) is 3.05. The Kier molecular flexibility index (Phi) is 4.42. The Morgan fingerprint density at radius 3 is 2.75 bits per heavy atom. The summed E-state index contributed by atoms with van der Waals surface area (Å²) in [6.07, 6.45) is -2.44. The van der Waals surface area contributed by atoms with Crippen molar-refractivity contribution < 1.29 is 23.8 Å². The molecule has 0 aromatic heterocycles. The van der Waals surface area contributed by atoms with Crippen molar-refractivity contribution in [3.05, 3.63) is 35.9 Å². The first-order valence-electron chi connectivity index (χ1n) is 7.79. The first-order chi connectivity index (χ1) is 11.5. The van der Waals surface area contributed by atoms with E-state index in [1.165, 1.54) is 5.01 Å². The molecule has 24 heavy (non-hydrogen) atoms. The minimum Gasteiger partial charge on any atom is -0.443 e. The van der Waals surface area contributed by atoms with Crippen molar-refractivity contribution in [2.45, 2.75) is 30.7 Å². The molecule has 3 rings (SSSR count). The molecule has 4 atom stereocenters. The van der Waals surface area contributed by atoms with Gasteiger partial charge in [-0.25, -0.2) is 14.2 Å². The second-order valence-corrected chi connectivity index (χ2v) is 6.20. The Hall–Kier alpha value is -2.19. The highest BCUT2D eigenvalue weighted by Gasteiger charge is 2.50. The number of rotatable bonds is 5. The smallest absolute Gasteiger partial charge is 0.407 e. The highest BCUT2D eigenvalue weighted by atomic mass is 19.1. The van der Waals surface area contributed by atoms with Crippen LogP contribution in [0.5, 0.6) is 0 Å². The fourth-order valence-electron chi connectivity index (χ4n) is 3.05. The number of hydrogen-bond acceptors (Lipinski definition) is 5. The average Bonchev–Trinajstić information content (AvgIpc) is 3.01. The molecule has 2 fully saturated rings. The third kappa shape index (κ3) is 2.71. The zero-order valence-corrected chi connectivity index (χ0v) is 13.2. The maximum atomic E-state index is 13.4. The molecule has 2 saturated heterocycles. The lowest BCUT2D eigenvalue weighted by Gasteiger charge is -2.44. The minimum atomic E-state index is -1.18. The number of benzene rings is 1. The summed E-state index contributed by atoms with van der Waals surface area (Å²) in [6.45, 7) is 1.52. The molecule has 0 spiro atoms. The molecule has 3 N–H and O–H groups in total. The van der Waals surface area contributed by atoms with E-state index in [4.69, 9.17) is 4.74 Å². The van der Waals surface area contributed by atoms with E-state index in [2.05, 4.69) is 10.7 Å². The van der Waals surface area contributed by atoms with Gasteiger partial charge in [-0.1, -0.05) is 30.3 Å². The Bertz CT molecular complexity index is 629. The Balaban J connectivity index is 1.85. The highest BCUT2D eigenvalue weighted by Crippen LogP contribution is 2.32. The average molecular weight is 337 g/mol. The number of cyclic esters (lactones) is 1. The summed E-state index contributed by atoms with van der Waals surface area (Å²) in [5, 5.41) is 13.1. The SMILES string of the molecule is CC(C(=O)NN1CC(F)C1CO)(c1ccccc1)C1CNC(=O)O1. The van der Waals surface area contributed by atoms with Gasteiger partial charge in [0.1, 0.15) is 17.7 Å². The molecule has 1 aromatic rings. The molecule has 0 radical (unpaired) electrons. The van der Waals surface area contributed by atoms with E-state index in [1.54, 1.807) is 31.2 Å². The minimum absolute atomic E-state index is 0.0184. The molecule has 130 valence electrons. The maximum Gasteiger partial charge on any atom is 0.407 e. The van der Waals surface area contributed by atoms with Crippen LogP contribution in [-0.4, -0.2) is 60.1 Å². The number of carbonyl (C=O) groups excluding carboxylic acids is 2. The second kappa shape index (κ2) is 6.37. The summed E-state index contributed by atoms with van der Waals surface area (Å²) in [5.74, 6) is -0.416. The first kappa shape index (κ1) is 16.7. The van der Waals surface area contributed by atoms with Gasteiger partial charge in [-0.3, -0.25) is 10.2 Å². The number of hydrogen-bond donors (Lipinski definition) is 3. The molecule has 2 aliphatic rings. The number of aliphatic hydroxyl groups excluding tert-OH is 1. The summed E-state index contributed by atoms with van der Waals surface area (Å²) in [6, 6.07) is 8.22. The van der Waals surface area contributed by atoms with Crippen LogP contribution in [0.25, 0.3) is 0 Å². The summed E-state index contributed by atoms with van der Waals surface area (Å²) in [4.78, 5) is 24.4. The topological polar surface area (TPSA) is 90.9 Å². The number of amides is 2. The molecule has 7 nitrogen and oxygen atoms in total. The largest absolute Gasteiger partial charge is 0.443 e. The van der Waals surface area contributed by atoms with Crippen LogP contribution in [0.2, 0.25) is 0 Å². The van der Waals surface area contributed by atoms with Gasteiger partial charge < -0.3 is 15.2 Å². The lowest BCUT2D eigenvalue weighted by Crippen LogP contribution is -2.68. The molecular formula is C16H20FN3O4. The van der Waals surface area contributed by atoms with Crippen LogP contribution in [-0.2, 0) is 14.9 Å². The molecule has 2 heterocycles. The van der Waals surface area contributed by atoms with Crippen molar-refractivity contribution >= 4 is 12.0 Å². The van der Waals surface area contributed by atoms with Gasteiger partial charge in [0.05, 0.1) is 25.7 Å². The maximum absolute atomic E-state index is 13.4. The standard InChI is InChI=1S/C16H20FN3O4/c1-16(10-5-3-2-4-6-10,13-7-18-15(23)24-13)14(22)19-20-8-11(17)12(20)9-21/h2-6,11-13,21H,7-9H2,1H3,(H,18,23)(H,19,22). The van der Waals surface area contributed by atoms with Crippen LogP contribution in [0.3, 0.4) is 0 Å². The van der Waals surface area contributed by atoms with Crippen LogP contribution in [0.1, 0.15) is 12.5 Å². The van der Waals surface area contributed by atoms with Gasteiger partial charge in [0.15, 0.2) is 0 Å². The number of hydrazine groups is 1. The van der Waals surface area contributed by atoms with Gasteiger partial charge in [0, 0.05) is 0 Å². The van der Waals surface area contributed by atoms with Crippen molar-refractivity contribution in [1.29, 1.82) is 0 Å².